The van der Waals surface area contributed by atoms with Crippen molar-refractivity contribution in [1.82, 2.24) is 14.5 Å². The molecule has 4 nitrogen and oxygen atoms in total. The van der Waals surface area contributed by atoms with Gasteiger partial charge in [0.25, 0.3) is 0 Å². The Bertz CT molecular complexity index is 2870. The molecule has 0 fully saturated rings. The smallest absolute Gasteiger partial charge is 0.135 e. The van der Waals surface area contributed by atoms with Crippen LogP contribution in [0, 0.1) is 0 Å². The van der Waals surface area contributed by atoms with E-state index in [1.54, 1.807) is 0 Å². The Balaban J connectivity index is 1.14. The lowest BCUT2D eigenvalue weighted by molar-refractivity contribution is 0.669. The third-order valence-corrected chi connectivity index (χ3v) is 9.73. The molecular weight excluding hydrogens is 611 g/mol. The van der Waals surface area contributed by atoms with Gasteiger partial charge in [0.15, 0.2) is 0 Å². The van der Waals surface area contributed by atoms with E-state index in [0.717, 1.165) is 77.5 Å². The van der Waals surface area contributed by atoms with Crippen molar-refractivity contribution in [3.63, 3.8) is 0 Å². The Morgan fingerprint density at radius 2 is 1.02 bits per heavy atom. The Morgan fingerprint density at radius 1 is 0.400 bits per heavy atom. The van der Waals surface area contributed by atoms with E-state index in [-0.39, 0.29) is 0 Å². The van der Waals surface area contributed by atoms with Crippen LogP contribution < -0.4 is 0 Å². The van der Waals surface area contributed by atoms with Gasteiger partial charge in [-0.25, -0.2) is 0 Å². The number of aromatic nitrogens is 3. The Hall–Kier alpha value is -6.78. The standard InChI is InChI=1S/C46H29N3O/c1-2-11-30(12-3-1)34-13-4-5-14-35(34)32-20-23-44-38(27-32)39-29-33(21-24-45(39)50-44)49-42-22-19-31(28-40(42)46-43(49)18-10-26-48-46)36-15-6-7-16-37(36)41-17-8-9-25-47-41/h1-29H. The number of hydrogen-bond donors (Lipinski definition) is 0. The molecule has 0 saturated carbocycles. The molecule has 50 heavy (non-hydrogen) atoms. The summed E-state index contributed by atoms with van der Waals surface area (Å²) in [5.41, 5.74) is 15.0. The molecule has 0 saturated heterocycles. The van der Waals surface area contributed by atoms with E-state index in [1.807, 2.05) is 30.6 Å². The van der Waals surface area contributed by atoms with Crippen LogP contribution in [-0.4, -0.2) is 14.5 Å². The Labute approximate surface area is 288 Å². The van der Waals surface area contributed by atoms with E-state index in [0.29, 0.717) is 0 Å². The highest BCUT2D eigenvalue weighted by Crippen LogP contribution is 2.40. The molecule has 0 radical (unpaired) electrons. The molecule has 0 N–H and O–H groups in total. The molecule has 0 atom stereocenters. The predicted octanol–water partition coefficient (Wildman–Crippen LogP) is 12.1. The second-order valence-electron chi connectivity index (χ2n) is 12.6. The third-order valence-electron chi connectivity index (χ3n) is 9.73. The second-order valence-corrected chi connectivity index (χ2v) is 12.6. The highest BCUT2D eigenvalue weighted by Gasteiger charge is 2.18. The first-order valence-electron chi connectivity index (χ1n) is 16.8. The van der Waals surface area contributed by atoms with E-state index in [2.05, 4.69) is 155 Å². The van der Waals surface area contributed by atoms with Crippen LogP contribution in [0.2, 0.25) is 0 Å². The van der Waals surface area contributed by atoms with Crippen molar-refractivity contribution in [3.8, 4) is 50.3 Å². The molecule has 0 unspecified atom stereocenters. The van der Waals surface area contributed by atoms with Crippen LogP contribution in [0.1, 0.15) is 0 Å². The van der Waals surface area contributed by atoms with Crippen LogP contribution in [0.3, 0.4) is 0 Å². The summed E-state index contributed by atoms with van der Waals surface area (Å²) >= 11 is 0. The first kappa shape index (κ1) is 28.3. The number of fused-ring (bicyclic) bond motifs is 6. The van der Waals surface area contributed by atoms with Crippen LogP contribution in [-0.2, 0) is 0 Å². The molecule has 4 aromatic heterocycles. The SMILES string of the molecule is c1ccc(-c2ccccc2-c2ccc3oc4ccc(-n5c6ccc(-c7ccccc7-c7ccccn7)cc6c6ncccc65)cc4c3c2)cc1. The zero-order chi connectivity index (χ0) is 33.0. The second kappa shape index (κ2) is 11.4. The summed E-state index contributed by atoms with van der Waals surface area (Å²) in [6.07, 6.45) is 3.72. The van der Waals surface area contributed by atoms with Crippen LogP contribution in [0.5, 0.6) is 0 Å². The van der Waals surface area contributed by atoms with Gasteiger partial charge < -0.3 is 8.98 Å². The highest BCUT2D eigenvalue weighted by molar-refractivity contribution is 6.11. The van der Waals surface area contributed by atoms with Crippen LogP contribution >= 0.6 is 0 Å². The number of hydrogen-bond acceptors (Lipinski definition) is 3. The lowest BCUT2D eigenvalue weighted by atomic mass is 9.94. The fourth-order valence-corrected chi connectivity index (χ4v) is 7.44. The predicted molar refractivity (Wildman–Crippen MR) is 205 cm³/mol. The van der Waals surface area contributed by atoms with Crippen molar-refractivity contribution >= 4 is 43.9 Å². The van der Waals surface area contributed by atoms with Crippen molar-refractivity contribution in [2.45, 2.75) is 0 Å². The molecular formula is C46H29N3O. The first-order valence-corrected chi connectivity index (χ1v) is 16.8. The number of rotatable bonds is 5. The molecule has 0 spiro atoms. The summed E-state index contributed by atoms with van der Waals surface area (Å²) in [5.74, 6) is 0. The van der Waals surface area contributed by atoms with Crippen molar-refractivity contribution in [2.24, 2.45) is 0 Å². The summed E-state index contributed by atoms with van der Waals surface area (Å²) in [5, 5.41) is 3.27. The minimum atomic E-state index is 0.865. The molecule has 0 aliphatic heterocycles. The number of nitrogens with zero attached hydrogens (tertiary/aromatic N) is 3. The van der Waals surface area contributed by atoms with Gasteiger partial charge in [-0.2, -0.15) is 0 Å². The summed E-state index contributed by atoms with van der Waals surface area (Å²) < 4.78 is 8.71. The van der Waals surface area contributed by atoms with Crippen LogP contribution in [0.15, 0.2) is 181 Å². The number of pyridine rings is 2. The van der Waals surface area contributed by atoms with Crippen LogP contribution in [0.4, 0.5) is 0 Å². The fourth-order valence-electron chi connectivity index (χ4n) is 7.44. The zero-order valence-corrected chi connectivity index (χ0v) is 27.0. The molecule has 0 bridgehead atoms. The minimum absolute atomic E-state index is 0.865. The molecule has 6 aromatic carbocycles. The molecule has 0 aliphatic rings. The lowest BCUT2D eigenvalue weighted by Gasteiger charge is -2.11. The van der Waals surface area contributed by atoms with Crippen molar-refractivity contribution in [2.75, 3.05) is 0 Å². The van der Waals surface area contributed by atoms with Gasteiger partial charge in [0, 0.05) is 39.8 Å². The summed E-state index contributed by atoms with van der Waals surface area (Å²) in [4.78, 5) is 9.55. The molecule has 4 heterocycles. The van der Waals surface area contributed by atoms with E-state index in [9.17, 15) is 0 Å². The van der Waals surface area contributed by atoms with E-state index in [1.165, 1.54) is 16.7 Å². The molecule has 0 aliphatic carbocycles. The maximum atomic E-state index is 6.39. The maximum Gasteiger partial charge on any atom is 0.135 e. The van der Waals surface area contributed by atoms with Crippen molar-refractivity contribution in [1.29, 1.82) is 0 Å². The molecule has 4 heteroatoms. The first-order chi connectivity index (χ1) is 24.8. The summed E-state index contributed by atoms with van der Waals surface area (Å²) in [6.45, 7) is 0. The molecule has 0 amide bonds. The monoisotopic (exact) mass is 639 g/mol. The quantitative estimate of drug-likeness (QED) is 0.188. The Kier molecular flexibility index (Phi) is 6.46. The van der Waals surface area contributed by atoms with Gasteiger partial charge in [0.05, 0.1) is 22.2 Å². The van der Waals surface area contributed by atoms with Gasteiger partial charge in [-0.1, -0.05) is 97.1 Å². The minimum Gasteiger partial charge on any atom is -0.456 e. The zero-order valence-electron chi connectivity index (χ0n) is 27.0. The van der Waals surface area contributed by atoms with Crippen LogP contribution in [0.25, 0.3) is 94.2 Å². The average Bonchev–Trinajstić information content (AvgIpc) is 3.73. The Morgan fingerprint density at radius 3 is 1.80 bits per heavy atom. The third kappa shape index (κ3) is 4.54. The van der Waals surface area contributed by atoms with Gasteiger partial charge in [0.2, 0.25) is 0 Å². The summed E-state index contributed by atoms with van der Waals surface area (Å²) in [7, 11) is 0. The topological polar surface area (TPSA) is 43.9 Å². The van der Waals surface area contributed by atoms with Crippen molar-refractivity contribution in [3.05, 3.63) is 176 Å². The van der Waals surface area contributed by atoms with E-state index >= 15 is 0 Å². The highest BCUT2D eigenvalue weighted by atomic mass is 16.3. The van der Waals surface area contributed by atoms with Gasteiger partial charge in [-0.3, -0.25) is 9.97 Å². The normalized spacial score (nSPS) is 11.6. The van der Waals surface area contributed by atoms with Gasteiger partial charge in [-0.15, -0.1) is 0 Å². The van der Waals surface area contributed by atoms with E-state index < -0.39 is 0 Å². The molecule has 10 aromatic rings. The van der Waals surface area contributed by atoms with Gasteiger partial charge >= 0.3 is 0 Å². The molecule has 10 rings (SSSR count). The number of furan rings is 1. The average molecular weight is 640 g/mol. The maximum absolute atomic E-state index is 6.39. The van der Waals surface area contributed by atoms with Crippen molar-refractivity contribution < 1.29 is 4.42 Å². The van der Waals surface area contributed by atoms with E-state index in [4.69, 9.17) is 9.40 Å². The molecule has 234 valence electrons. The lowest BCUT2D eigenvalue weighted by Crippen LogP contribution is -1.94. The fraction of sp³-hybridized carbons (Fsp3) is 0. The summed E-state index contributed by atoms with van der Waals surface area (Å²) in [6, 6.07) is 57.6. The van der Waals surface area contributed by atoms with Gasteiger partial charge in [0.1, 0.15) is 11.2 Å². The van der Waals surface area contributed by atoms with Gasteiger partial charge in [-0.05, 0) is 100 Å². The number of benzene rings is 6. The largest absolute Gasteiger partial charge is 0.456 e.